The van der Waals surface area contributed by atoms with E-state index in [0.717, 1.165) is 0 Å². The molecule has 15 heteroatoms. The molecule has 1 saturated heterocycles. The molecular weight excluding hydrogens is 381 g/mol. The van der Waals surface area contributed by atoms with Crippen molar-refractivity contribution in [3.05, 3.63) is 0 Å². The number of ether oxygens (including phenoxy) is 1. The van der Waals surface area contributed by atoms with E-state index < -0.39 is 42.3 Å². The van der Waals surface area contributed by atoms with E-state index in [1.807, 2.05) is 6.92 Å². The number of phosphoric ester groups is 1. The molecule has 0 spiro atoms. The van der Waals surface area contributed by atoms with Gasteiger partial charge in [0.05, 0.1) is 18.8 Å². The number of rotatable bonds is 8. The summed E-state index contributed by atoms with van der Waals surface area (Å²) >= 11 is 0. The zero-order valence-corrected chi connectivity index (χ0v) is 14.8. The Morgan fingerprint density at radius 1 is 1.04 bits per heavy atom. The summed E-state index contributed by atoms with van der Waals surface area (Å²) in [7, 11) is -16.2. The van der Waals surface area contributed by atoms with E-state index in [4.69, 9.17) is 19.4 Å². The SMILES string of the molecule is CCC1C(C)OC(COP(=O)(O)OP(=O)(O)OP(=O)(O)O)C1O. The third-order valence-corrected chi connectivity index (χ3v) is 6.90. The summed E-state index contributed by atoms with van der Waals surface area (Å²) in [5.41, 5.74) is 0. The predicted octanol–water partition coefficient (Wildman–Crippen LogP) is 0.504. The standard InChI is InChI=1S/C8H19O12P3/c1-3-6-5(2)18-7(8(6)9)4-17-22(13,14)20-23(15,16)19-21(10,11)12/h5-9H,3-4H2,1-2H3,(H,13,14)(H,15,16)(H2,10,11,12). The predicted molar refractivity (Wildman–Crippen MR) is 73.9 cm³/mol. The van der Waals surface area contributed by atoms with Gasteiger partial charge in [-0.3, -0.25) is 4.52 Å². The summed E-state index contributed by atoms with van der Waals surface area (Å²) in [5, 5.41) is 9.95. The topological polar surface area (TPSA) is 189 Å². The third-order valence-electron chi connectivity index (χ3n) is 3.10. The molecule has 23 heavy (non-hydrogen) atoms. The van der Waals surface area contributed by atoms with Crippen LogP contribution < -0.4 is 0 Å². The third kappa shape index (κ3) is 6.99. The first kappa shape index (κ1) is 21.4. The van der Waals surface area contributed by atoms with Crippen molar-refractivity contribution in [3.8, 4) is 0 Å². The van der Waals surface area contributed by atoms with Crippen LogP contribution in [0.15, 0.2) is 0 Å². The van der Waals surface area contributed by atoms with E-state index in [9.17, 15) is 23.7 Å². The highest BCUT2D eigenvalue weighted by Crippen LogP contribution is 2.66. The molecule has 138 valence electrons. The number of phosphoric acid groups is 3. The molecule has 6 atom stereocenters. The molecule has 0 aromatic carbocycles. The molecular formula is C8H19O12P3. The first-order valence-electron chi connectivity index (χ1n) is 6.38. The Hall–Kier alpha value is 0.330. The maximum absolute atomic E-state index is 11.5. The minimum absolute atomic E-state index is 0.218. The van der Waals surface area contributed by atoms with Gasteiger partial charge in [0.2, 0.25) is 0 Å². The second-order valence-electron chi connectivity index (χ2n) is 4.83. The molecule has 6 unspecified atom stereocenters. The first-order chi connectivity index (χ1) is 10.3. The average molecular weight is 400 g/mol. The minimum atomic E-state index is -5.55. The Balaban J connectivity index is 2.61. The Morgan fingerprint density at radius 2 is 1.61 bits per heavy atom. The summed E-state index contributed by atoms with van der Waals surface area (Å²) in [6.45, 7) is 2.87. The lowest BCUT2D eigenvalue weighted by Gasteiger charge is -2.19. The first-order valence-corrected chi connectivity index (χ1v) is 10.9. The van der Waals surface area contributed by atoms with Gasteiger partial charge in [-0.25, -0.2) is 13.7 Å². The molecule has 0 amide bonds. The summed E-state index contributed by atoms with van der Waals surface area (Å²) in [6, 6.07) is 0. The maximum atomic E-state index is 11.5. The lowest BCUT2D eigenvalue weighted by molar-refractivity contribution is -0.0167. The molecule has 1 aliphatic rings. The quantitative estimate of drug-likeness (QED) is 0.355. The van der Waals surface area contributed by atoms with E-state index in [-0.39, 0.29) is 12.0 Å². The van der Waals surface area contributed by atoms with Gasteiger partial charge in [-0.05, 0) is 13.3 Å². The van der Waals surface area contributed by atoms with Crippen molar-refractivity contribution in [1.82, 2.24) is 0 Å². The molecule has 1 fully saturated rings. The van der Waals surface area contributed by atoms with Crippen LogP contribution in [0.4, 0.5) is 0 Å². The molecule has 1 heterocycles. The molecule has 0 aliphatic carbocycles. The molecule has 0 saturated carbocycles. The van der Waals surface area contributed by atoms with Crippen LogP contribution in [0.5, 0.6) is 0 Å². The fraction of sp³-hybridized carbons (Fsp3) is 1.00. The summed E-state index contributed by atoms with van der Waals surface area (Å²) in [4.78, 5) is 35.0. The van der Waals surface area contributed by atoms with Crippen molar-refractivity contribution in [2.45, 2.75) is 38.6 Å². The van der Waals surface area contributed by atoms with Crippen molar-refractivity contribution in [2.75, 3.05) is 6.61 Å². The van der Waals surface area contributed by atoms with E-state index in [1.54, 1.807) is 6.92 Å². The van der Waals surface area contributed by atoms with Crippen LogP contribution >= 0.6 is 23.5 Å². The molecule has 0 aromatic heterocycles. The van der Waals surface area contributed by atoms with Gasteiger partial charge >= 0.3 is 23.5 Å². The van der Waals surface area contributed by atoms with E-state index in [1.165, 1.54) is 0 Å². The van der Waals surface area contributed by atoms with Gasteiger partial charge in [-0.1, -0.05) is 6.92 Å². The normalized spacial score (nSPS) is 34.0. The highest BCUT2D eigenvalue weighted by Gasteiger charge is 2.44. The van der Waals surface area contributed by atoms with Crippen molar-refractivity contribution in [3.63, 3.8) is 0 Å². The molecule has 0 bridgehead atoms. The molecule has 12 nitrogen and oxygen atoms in total. The van der Waals surface area contributed by atoms with Crippen LogP contribution in [0.25, 0.3) is 0 Å². The fourth-order valence-electron chi connectivity index (χ4n) is 2.19. The lowest BCUT2D eigenvalue weighted by Crippen LogP contribution is -2.30. The van der Waals surface area contributed by atoms with Crippen LogP contribution in [0, 0.1) is 5.92 Å². The zero-order valence-electron chi connectivity index (χ0n) is 12.2. The maximum Gasteiger partial charge on any atom is 0.490 e. The Bertz CT molecular complexity index is 544. The lowest BCUT2D eigenvalue weighted by atomic mass is 9.95. The molecule has 0 radical (unpaired) electrons. The largest absolute Gasteiger partial charge is 0.490 e. The van der Waals surface area contributed by atoms with Crippen LogP contribution in [0.1, 0.15) is 20.3 Å². The molecule has 1 rings (SSSR count). The van der Waals surface area contributed by atoms with Crippen molar-refractivity contribution >= 4 is 23.5 Å². The smallest absolute Gasteiger partial charge is 0.390 e. The van der Waals surface area contributed by atoms with Crippen LogP contribution in [-0.2, 0) is 31.6 Å². The second-order valence-corrected chi connectivity index (χ2v) is 9.25. The Kier molecular flexibility index (Phi) is 7.15. The van der Waals surface area contributed by atoms with Crippen molar-refractivity contribution in [1.29, 1.82) is 0 Å². The van der Waals surface area contributed by atoms with Crippen LogP contribution in [0.2, 0.25) is 0 Å². The van der Waals surface area contributed by atoms with Gasteiger partial charge < -0.3 is 29.4 Å². The zero-order chi connectivity index (χ0) is 18.1. The van der Waals surface area contributed by atoms with Gasteiger partial charge in [0.25, 0.3) is 0 Å². The number of aliphatic hydroxyl groups is 1. The van der Waals surface area contributed by atoms with Crippen LogP contribution in [-0.4, -0.2) is 49.6 Å². The van der Waals surface area contributed by atoms with Gasteiger partial charge in [-0.15, -0.1) is 0 Å². The highest BCUT2D eigenvalue weighted by molar-refractivity contribution is 7.66. The Labute approximate surface area is 131 Å². The van der Waals surface area contributed by atoms with Gasteiger partial charge in [-0.2, -0.15) is 8.62 Å². The average Bonchev–Trinajstić information content (AvgIpc) is 2.56. The van der Waals surface area contributed by atoms with Crippen LogP contribution in [0.3, 0.4) is 0 Å². The Morgan fingerprint density at radius 3 is 2.04 bits per heavy atom. The second kappa shape index (κ2) is 7.70. The van der Waals surface area contributed by atoms with E-state index in [2.05, 4.69) is 13.1 Å². The summed E-state index contributed by atoms with van der Waals surface area (Å²) < 4.78 is 50.0. The number of aliphatic hydroxyl groups excluding tert-OH is 1. The monoisotopic (exact) mass is 400 g/mol. The molecule has 5 N–H and O–H groups in total. The fourth-order valence-corrected chi connectivity index (χ4v) is 5.22. The van der Waals surface area contributed by atoms with Gasteiger partial charge in [0, 0.05) is 5.92 Å². The molecule has 0 aromatic rings. The highest BCUT2D eigenvalue weighted by atomic mass is 31.3. The van der Waals surface area contributed by atoms with Crippen molar-refractivity contribution in [2.24, 2.45) is 5.92 Å². The number of hydrogen-bond acceptors (Lipinski definition) is 8. The van der Waals surface area contributed by atoms with E-state index >= 15 is 0 Å². The van der Waals surface area contributed by atoms with E-state index in [0.29, 0.717) is 6.42 Å². The van der Waals surface area contributed by atoms with Gasteiger partial charge in [0.1, 0.15) is 6.10 Å². The van der Waals surface area contributed by atoms with Gasteiger partial charge in [0.15, 0.2) is 0 Å². The van der Waals surface area contributed by atoms with Crippen molar-refractivity contribution < 1.29 is 56.3 Å². The summed E-state index contributed by atoms with van der Waals surface area (Å²) in [5.74, 6) is -0.218. The summed E-state index contributed by atoms with van der Waals surface area (Å²) in [6.07, 6.45) is -1.69. The minimum Gasteiger partial charge on any atom is -0.390 e. The molecule has 1 aliphatic heterocycles. The number of hydrogen-bond donors (Lipinski definition) is 5.